The number of hydrogen-bond donors (Lipinski definition) is 0. The molecule has 0 unspecified atom stereocenters. The van der Waals surface area contributed by atoms with Gasteiger partial charge in [0, 0.05) is 11.8 Å². The molecule has 0 N–H and O–H groups in total. The Morgan fingerprint density at radius 3 is 2.60 bits per heavy atom. The van der Waals surface area contributed by atoms with Crippen molar-refractivity contribution in [3.63, 3.8) is 0 Å². The fourth-order valence-corrected chi connectivity index (χ4v) is 1.73. The van der Waals surface area contributed by atoms with Gasteiger partial charge in [-0.2, -0.15) is 0 Å². The van der Waals surface area contributed by atoms with Gasteiger partial charge in [0.15, 0.2) is 0 Å². The van der Waals surface area contributed by atoms with Crippen LogP contribution in [-0.2, 0) is 14.3 Å². The highest BCUT2D eigenvalue weighted by molar-refractivity contribution is 5.76. The van der Waals surface area contributed by atoms with E-state index in [-0.39, 0.29) is 11.9 Å². The summed E-state index contributed by atoms with van der Waals surface area (Å²) in [5.41, 5.74) is 0. The molecule has 2 fully saturated rings. The van der Waals surface area contributed by atoms with Gasteiger partial charge in [0.1, 0.15) is 0 Å². The van der Waals surface area contributed by atoms with Crippen molar-refractivity contribution in [2.45, 2.75) is 0 Å². The van der Waals surface area contributed by atoms with Crippen LogP contribution in [0.5, 0.6) is 0 Å². The second kappa shape index (κ2) is 1.95. The van der Waals surface area contributed by atoms with Crippen LogP contribution < -0.4 is 0 Å². The highest BCUT2D eigenvalue weighted by Crippen LogP contribution is 2.51. The Balaban J connectivity index is 1.94. The van der Waals surface area contributed by atoms with Crippen molar-refractivity contribution in [2.75, 3.05) is 20.3 Å². The lowest BCUT2D eigenvalue weighted by molar-refractivity contribution is -0.143. The number of esters is 1. The van der Waals surface area contributed by atoms with Crippen molar-refractivity contribution in [1.82, 2.24) is 0 Å². The van der Waals surface area contributed by atoms with Crippen LogP contribution in [0.25, 0.3) is 0 Å². The Hall–Kier alpha value is -0.570. The van der Waals surface area contributed by atoms with Gasteiger partial charge in [-0.05, 0) is 0 Å². The van der Waals surface area contributed by atoms with Gasteiger partial charge < -0.3 is 9.47 Å². The fraction of sp³-hybridized carbons (Fsp3) is 0.857. The van der Waals surface area contributed by atoms with Crippen LogP contribution >= 0.6 is 0 Å². The Bertz CT molecular complexity index is 156. The van der Waals surface area contributed by atoms with Crippen LogP contribution in [0.3, 0.4) is 0 Å². The third-order valence-corrected chi connectivity index (χ3v) is 2.43. The van der Waals surface area contributed by atoms with Crippen LogP contribution in [0.1, 0.15) is 0 Å². The Labute approximate surface area is 59.3 Å². The number of hydrogen-bond acceptors (Lipinski definition) is 3. The van der Waals surface area contributed by atoms with Gasteiger partial charge in [-0.15, -0.1) is 0 Å². The van der Waals surface area contributed by atoms with Crippen LogP contribution in [0, 0.1) is 17.8 Å². The summed E-state index contributed by atoms with van der Waals surface area (Å²) in [5.74, 6) is 1.07. The Kier molecular flexibility index (Phi) is 1.20. The van der Waals surface area contributed by atoms with E-state index in [9.17, 15) is 4.79 Å². The van der Waals surface area contributed by atoms with Crippen molar-refractivity contribution >= 4 is 5.97 Å². The Morgan fingerprint density at radius 2 is 2.10 bits per heavy atom. The van der Waals surface area contributed by atoms with Gasteiger partial charge in [-0.1, -0.05) is 0 Å². The summed E-state index contributed by atoms with van der Waals surface area (Å²) >= 11 is 0. The molecule has 3 nitrogen and oxygen atoms in total. The highest BCUT2D eigenvalue weighted by Gasteiger charge is 2.58. The van der Waals surface area contributed by atoms with Crippen LogP contribution in [0.2, 0.25) is 0 Å². The Morgan fingerprint density at radius 1 is 1.50 bits per heavy atom. The summed E-state index contributed by atoms with van der Waals surface area (Å²) < 4.78 is 9.74. The molecule has 2 atom stereocenters. The van der Waals surface area contributed by atoms with Crippen molar-refractivity contribution in [3.8, 4) is 0 Å². The van der Waals surface area contributed by atoms with E-state index in [1.165, 1.54) is 7.11 Å². The van der Waals surface area contributed by atoms with Gasteiger partial charge >= 0.3 is 5.97 Å². The van der Waals surface area contributed by atoms with Gasteiger partial charge in [0.25, 0.3) is 0 Å². The zero-order valence-corrected chi connectivity index (χ0v) is 5.87. The number of ether oxygens (including phenoxy) is 2. The van der Waals surface area contributed by atoms with E-state index < -0.39 is 0 Å². The lowest BCUT2D eigenvalue weighted by atomic mass is 10.3. The second-order valence-corrected chi connectivity index (χ2v) is 2.91. The predicted molar refractivity (Wildman–Crippen MR) is 33.3 cm³/mol. The molecular formula is C7H10O3. The maximum absolute atomic E-state index is 10.9. The summed E-state index contributed by atoms with van der Waals surface area (Å²) in [6, 6.07) is 0. The molecule has 0 bridgehead atoms. The first kappa shape index (κ1) is 6.16. The molecule has 56 valence electrons. The average molecular weight is 142 g/mol. The molecule has 2 rings (SSSR count). The maximum atomic E-state index is 10.9. The molecule has 2 aliphatic rings. The highest BCUT2D eigenvalue weighted by atomic mass is 16.5. The maximum Gasteiger partial charge on any atom is 0.309 e. The summed E-state index contributed by atoms with van der Waals surface area (Å²) in [6.45, 7) is 1.51. The number of fused-ring (bicyclic) bond motifs is 1. The molecule has 0 amide bonds. The van der Waals surface area contributed by atoms with E-state index >= 15 is 0 Å². The lowest BCUT2D eigenvalue weighted by Gasteiger charge is -2.00. The van der Waals surface area contributed by atoms with Crippen molar-refractivity contribution in [1.29, 1.82) is 0 Å². The molecule has 10 heavy (non-hydrogen) atoms. The van der Waals surface area contributed by atoms with Crippen molar-refractivity contribution < 1.29 is 14.3 Å². The molecule has 0 radical (unpaired) electrons. The first-order valence-electron chi connectivity index (χ1n) is 3.50. The summed E-state index contributed by atoms with van der Waals surface area (Å²) in [4.78, 5) is 10.9. The third-order valence-electron chi connectivity index (χ3n) is 2.43. The average Bonchev–Trinajstić information content (AvgIpc) is 2.43. The lowest BCUT2D eigenvalue weighted by Crippen LogP contribution is -2.10. The molecule has 0 spiro atoms. The molecule has 1 saturated heterocycles. The minimum Gasteiger partial charge on any atom is -0.469 e. The molecule has 0 aromatic rings. The molecule has 1 aliphatic heterocycles. The smallest absolute Gasteiger partial charge is 0.309 e. The molecule has 1 aliphatic carbocycles. The third kappa shape index (κ3) is 0.669. The molecular weight excluding hydrogens is 132 g/mol. The molecule has 0 aromatic heterocycles. The van der Waals surface area contributed by atoms with Crippen LogP contribution in [0.4, 0.5) is 0 Å². The molecule has 0 aromatic carbocycles. The zero-order chi connectivity index (χ0) is 7.14. The largest absolute Gasteiger partial charge is 0.469 e. The predicted octanol–water partition coefficient (Wildman–Crippen LogP) is 0.0518. The van der Waals surface area contributed by atoms with E-state index in [2.05, 4.69) is 4.74 Å². The van der Waals surface area contributed by atoms with Crippen molar-refractivity contribution in [2.24, 2.45) is 17.8 Å². The fourth-order valence-electron chi connectivity index (χ4n) is 1.73. The van der Waals surface area contributed by atoms with E-state index in [0.717, 1.165) is 13.2 Å². The monoisotopic (exact) mass is 142 g/mol. The number of methoxy groups -OCH3 is 1. The minimum absolute atomic E-state index is 0.0571. The number of carbonyl (C=O) groups is 1. The number of rotatable bonds is 1. The standard InChI is InChI=1S/C7H10O3/c1-9-7(8)6-4-2-10-3-5(4)6/h4-6H,2-3H2,1H3/t4-,5-/m0/s1. The second-order valence-electron chi connectivity index (χ2n) is 2.91. The zero-order valence-electron chi connectivity index (χ0n) is 5.87. The van der Waals surface area contributed by atoms with Gasteiger partial charge in [0.2, 0.25) is 0 Å². The van der Waals surface area contributed by atoms with Crippen molar-refractivity contribution in [3.05, 3.63) is 0 Å². The van der Waals surface area contributed by atoms with E-state index in [4.69, 9.17) is 4.74 Å². The summed E-state index contributed by atoms with van der Waals surface area (Å²) in [7, 11) is 1.44. The van der Waals surface area contributed by atoms with Gasteiger partial charge in [0.05, 0.1) is 26.2 Å². The number of carbonyl (C=O) groups excluding carboxylic acids is 1. The van der Waals surface area contributed by atoms with Crippen LogP contribution in [-0.4, -0.2) is 26.3 Å². The summed E-state index contributed by atoms with van der Waals surface area (Å²) in [5, 5.41) is 0. The topological polar surface area (TPSA) is 35.5 Å². The molecule has 1 saturated carbocycles. The quantitative estimate of drug-likeness (QED) is 0.485. The first-order valence-corrected chi connectivity index (χ1v) is 3.50. The van der Waals surface area contributed by atoms with E-state index in [1.807, 2.05) is 0 Å². The van der Waals surface area contributed by atoms with E-state index in [0.29, 0.717) is 11.8 Å². The normalized spacial score (nSPS) is 42.7. The van der Waals surface area contributed by atoms with E-state index in [1.54, 1.807) is 0 Å². The minimum atomic E-state index is -0.0571. The summed E-state index contributed by atoms with van der Waals surface area (Å²) in [6.07, 6.45) is 0. The van der Waals surface area contributed by atoms with Gasteiger partial charge in [-0.25, -0.2) is 0 Å². The van der Waals surface area contributed by atoms with Crippen LogP contribution in [0.15, 0.2) is 0 Å². The molecule has 3 heteroatoms. The first-order chi connectivity index (χ1) is 4.84. The SMILES string of the molecule is COC(=O)C1[C@H]2COC[C@H]12. The molecule has 1 heterocycles. The van der Waals surface area contributed by atoms with Gasteiger partial charge in [-0.3, -0.25) is 4.79 Å².